The van der Waals surface area contributed by atoms with E-state index in [1.54, 1.807) is 0 Å². The van der Waals surface area contributed by atoms with Gasteiger partial charge in [-0.05, 0) is 33.2 Å². The third-order valence-corrected chi connectivity index (χ3v) is 1.61. The quantitative estimate of drug-likeness (QED) is 0.712. The molecule has 0 fully saturated rings. The van der Waals surface area contributed by atoms with Gasteiger partial charge in [0.05, 0.1) is 12.2 Å². The van der Waals surface area contributed by atoms with Gasteiger partial charge >= 0.3 is 0 Å². The topological polar surface area (TPSA) is 35.2 Å². The smallest absolute Gasteiger partial charge is 0.0548 e. The molecule has 0 aromatic rings. The number of hydrogen-bond acceptors (Lipinski definition) is 2. The molecule has 12 heavy (non-hydrogen) atoms. The van der Waals surface area contributed by atoms with Gasteiger partial charge in [0.15, 0.2) is 0 Å². The molecule has 0 aliphatic rings. The molecule has 2 nitrogen and oxygen atoms in total. The van der Waals surface area contributed by atoms with Gasteiger partial charge in [-0.2, -0.15) is 0 Å². The summed E-state index contributed by atoms with van der Waals surface area (Å²) in [5.74, 6) is 0. The van der Waals surface area contributed by atoms with Crippen molar-refractivity contribution in [1.29, 1.82) is 0 Å². The maximum absolute atomic E-state index is 5.55. The van der Waals surface area contributed by atoms with Crippen LogP contribution in [0.1, 0.15) is 47.5 Å². The van der Waals surface area contributed by atoms with E-state index >= 15 is 0 Å². The Morgan fingerprint density at radius 2 is 1.25 bits per heavy atom. The van der Waals surface area contributed by atoms with Crippen LogP contribution in [-0.2, 0) is 4.74 Å². The third-order valence-electron chi connectivity index (χ3n) is 1.61. The summed E-state index contributed by atoms with van der Waals surface area (Å²) >= 11 is 0. The monoisotopic (exact) mass is 175 g/mol. The van der Waals surface area contributed by atoms with E-state index in [0.717, 1.165) is 19.4 Å². The van der Waals surface area contributed by atoms with E-state index in [-0.39, 0.29) is 0 Å². The number of rotatable bonds is 4. The fraction of sp³-hybridized carbons (Fsp3) is 1.00. The molecule has 2 N–H and O–H groups in total. The lowest BCUT2D eigenvalue weighted by molar-refractivity contribution is 0.00511. The minimum atomic E-state index is 0.431. The molecule has 0 aliphatic heterocycles. The first kappa shape index (κ1) is 14.4. The first-order valence-electron chi connectivity index (χ1n) is 4.97. The molecular formula is C10H25NO. The summed E-state index contributed by atoms with van der Waals surface area (Å²) in [6.07, 6.45) is 3.09. The summed E-state index contributed by atoms with van der Waals surface area (Å²) < 4.78 is 5.55. The van der Waals surface area contributed by atoms with Crippen molar-refractivity contribution in [1.82, 2.24) is 0 Å². The van der Waals surface area contributed by atoms with Gasteiger partial charge in [0.25, 0.3) is 0 Å². The largest absolute Gasteiger partial charge is 0.376 e. The Kier molecular flexibility index (Phi) is 13.1. The van der Waals surface area contributed by atoms with Crippen LogP contribution in [0.15, 0.2) is 0 Å². The molecule has 0 spiro atoms. The molecule has 0 aromatic carbocycles. The second-order valence-electron chi connectivity index (χ2n) is 2.98. The first-order valence-corrected chi connectivity index (χ1v) is 4.97. The van der Waals surface area contributed by atoms with Crippen molar-refractivity contribution < 1.29 is 4.74 Å². The minimum Gasteiger partial charge on any atom is -0.376 e. The van der Waals surface area contributed by atoms with E-state index in [1.165, 1.54) is 0 Å². The van der Waals surface area contributed by atoms with E-state index in [9.17, 15) is 0 Å². The molecule has 0 heterocycles. The van der Waals surface area contributed by atoms with Crippen LogP contribution in [0.3, 0.4) is 0 Å². The lowest BCUT2D eigenvalue weighted by Gasteiger charge is -2.15. The molecule has 76 valence electrons. The lowest BCUT2D eigenvalue weighted by Crippen LogP contribution is -2.14. The van der Waals surface area contributed by atoms with Crippen molar-refractivity contribution in [2.75, 3.05) is 6.54 Å². The predicted molar refractivity (Wildman–Crippen MR) is 55.3 cm³/mol. The normalized spacial score (nSPS) is 14.5. The minimum absolute atomic E-state index is 0.431. The number of ether oxygens (including phenoxy) is 1. The first-order chi connectivity index (χ1) is 5.62. The van der Waals surface area contributed by atoms with E-state index < -0.39 is 0 Å². The Morgan fingerprint density at radius 1 is 1.00 bits per heavy atom. The van der Waals surface area contributed by atoms with Crippen molar-refractivity contribution in [3.63, 3.8) is 0 Å². The van der Waals surface area contributed by atoms with Crippen molar-refractivity contribution in [3.8, 4) is 0 Å². The van der Waals surface area contributed by atoms with Crippen LogP contribution >= 0.6 is 0 Å². The maximum Gasteiger partial charge on any atom is 0.0548 e. The third kappa shape index (κ3) is 12.6. The Morgan fingerprint density at radius 3 is 1.42 bits per heavy atom. The maximum atomic E-state index is 5.55. The highest BCUT2D eigenvalue weighted by Gasteiger charge is 2.02. The fourth-order valence-corrected chi connectivity index (χ4v) is 0.589. The molecule has 0 aliphatic carbocycles. The second-order valence-corrected chi connectivity index (χ2v) is 2.98. The Balaban J connectivity index is 0. The highest BCUT2D eigenvalue weighted by atomic mass is 16.5. The van der Waals surface area contributed by atoms with Crippen LogP contribution in [0.5, 0.6) is 0 Å². The fourth-order valence-electron chi connectivity index (χ4n) is 0.589. The summed E-state index contributed by atoms with van der Waals surface area (Å²) in [6.45, 7) is 11.2. The van der Waals surface area contributed by atoms with Crippen molar-refractivity contribution in [2.24, 2.45) is 5.73 Å². The second kappa shape index (κ2) is 10.9. The molecule has 0 radical (unpaired) electrons. The van der Waals surface area contributed by atoms with Crippen LogP contribution < -0.4 is 5.73 Å². The summed E-state index contributed by atoms with van der Waals surface area (Å²) in [4.78, 5) is 0. The average Bonchev–Trinajstić information content (AvgIpc) is 2.05. The van der Waals surface area contributed by atoms with E-state index in [1.807, 2.05) is 6.92 Å². The highest BCUT2D eigenvalue weighted by Crippen LogP contribution is 2.03. The van der Waals surface area contributed by atoms with Gasteiger partial charge in [-0.3, -0.25) is 0 Å². The van der Waals surface area contributed by atoms with Gasteiger partial charge < -0.3 is 10.5 Å². The standard InChI is InChI=1S/C8H18O.C2H7N/c1-5-7(3)9-8(4)6-2;1-2-3/h7-8H,5-6H2,1-4H3;2-3H2,1H3. The van der Waals surface area contributed by atoms with E-state index in [0.29, 0.717) is 12.2 Å². The Labute approximate surface area is 77.5 Å². The van der Waals surface area contributed by atoms with Crippen LogP contribution in [0.25, 0.3) is 0 Å². The average molecular weight is 175 g/mol. The predicted octanol–water partition coefficient (Wildman–Crippen LogP) is 2.57. The molecule has 2 atom stereocenters. The zero-order chi connectivity index (χ0) is 9.98. The molecule has 0 saturated carbocycles. The lowest BCUT2D eigenvalue weighted by atomic mass is 10.3. The molecule has 0 aromatic heterocycles. The van der Waals surface area contributed by atoms with Gasteiger partial charge in [-0.25, -0.2) is 0 Å². The SMILES string of the molecule is CCC(C)OC(C)CC.CCN. The van der Waals surface area contributed by atoms with Crippen molar-refractivity contribution >= 4 is 0 Å². The van der Waals surface area contributed by atoms with Gasteiger partial charge in [0, 0.05) is 0 Å². The highest BCUT2D eigenvalue weighted by molar-refractivity contribution is 4.50. The van der Waals surface area contributed by atoms with Gasteiger partial charge in [0.2, 0.25) is 0 Å². The van der Waals surface area contributed by atoms with Crippen LogP contribution in [0, 0.1) is 0 Å². The summed E-state index contributed by atoms with van der Waals surface area (Å²) in [6, 6.07) is 0. The van der Waals surface area contributed by atoms with Gasteiger partial charge in [-0.1, -0.05) is 20.8 Å². The summed E-state index contributed by atoms with van der Waals surface area (Å²) in [7, 11) is 0. The molecule has 0 rings (SSSR count). The molecule has 2 unspecified atom stereocenters. The molecule has 0 amide bonds. The molecule has 2 heteroatoms. The molecule has 0 bridgehead atoms. The van der Waals surface area contributed by atoms with E-state index in [4.69, 9.17) is 10.5 Å². The van der Waals surface area contributed by atoms with E-state index in [2.05, 4.69) is 27.7 Å². The molecular weight excluding hydrogens is 150 g/mol. The Hall–Kier alpha value is -0.0800. The zero-order valence-corrected chi connectivity index (χ0v) is 9.26. The summed E-state index contributed by atoms with van der Waals surface area (Å²) in [5, 5.41) is 0. The molecule has 0 saturated heterocycles. The number of hydrogen-bond donors (Lipinski definition) is 1. The van der Waals surface area contributed by atoms with Crippen molar-refractivity contribution in [2.45, 2.75) is 59.7 Å². The van der Waals surface area contributed by atoms with Crippen LogP contribution in [-0.4, -0.2) is 18.8 Å². The summed E-state index contributed by atoms with van der Waals surface area (Å²) in [5.41, 5.74) is 4.85. The van der Waals surface area contributed by atoms with Crippen molar-refractivity contribution in [3.05, 3.63) is 0 Å². The van der Waals surface area contributed by atoms with Gasteiger partial charge in [-0.15, -0.1) is 0 Å². The van der Waals surface area contributed by atoms with Gasteiger partial charge in [0.1, 0.15) is 0 Å². The van der Waals surface area contributed by atoms with Crippen LogP contribution in [0.4, 0.5) is 0 Å². The van der Waals surface area contributed by atoms with Crippen LogP contribution in [0.2, 0.25) is 0 Å². The zero-order valence-electron chi connectivity index (χ0n) is 9.26. The Bertz CT molecular complexity index is 68.2. The number of nitrogens with two attached hydrogens (primary N) is 1.